The summed E-state index contributed by atoms with van der Waals surface area (Å²) in [4.78, 5) is 31.5. The molecule has 0 aliphatic heterocycles. The van der Waals surface area contributed by atoms with Gasteiger partial charge < -0.3 is 5.32 Å². The lowest BCUT2D eigenvalue weighted by atomic mass is 10.3. The Morgan fingerprint density at radius 2 is 2.25 bits per heavy atom. The van der Waals surface area contributed by atoms with Gasteiger partial charge in [-0.05, 0) is 25.3 Å². The Labute approximate surface area is 146 Å². The predicted molar refractivity (Wildman–Crippen MR) is 94.0 cm³/mol. The Morgan fingerprint density at radius 1 is 1.46 bits per heavy atom. The van der Waals surface area contributed by atoms with Gasteiger partial charge in [0.25, 0.3) is 5.56 Å². The largest absolute Gasteiger partial charge is 0.309 e. The topological polar surface area (TPSA) is 92.7 Å². The van der Waals surface area contributed by atoms with Crippen molar-refractivity contribution in [3.8, 4) is 16.5 Å². The highest BCUT2D eigenvalue weighted by atomic mass is 35.5. The standard InChI is InChI=1S/C15H14ClN5O2S/c1-8-6-13(22)19-15(17-8)21-12(18-14(23)9(2)16)7-10(20-21)11-4-3-5-24-11/h3-7,9H,1-2H3,(H,18,23)(H,17,19,22). The average Bonchev–Trinajstić information content (AvgIpc) is 3.14. The molecule has 0 bridgehead atoms. The molecule has 3 aromatic heterocycles. The van der Waals surface area contributed by atoms with Gasteiger partial charge in [-0.1, -0.05) is 6.07 Å². The van der Waals surface area contributed by atoms with Crippen LogP contribution in [0.15, 0.2) is 34.4 Å². The number of H-pyrrole nitrogens is 1. The van der Waals surface area contributed by atoms with Crippen LogP contribution < -0.4 is 10.9 Å². The molecule has 0 aliphatic carbocycles. The fourth-order valence-electron chi connectivity index (χ4n) is 2.07. The molecule has 0 aromatic carbocycles. The maximum absolute atomic E-state index is 12.0. The quantitative estimate of drug-likeness (QED) is 0.697. The predicted octanol–water partition coefficient (Wildman–Crippen LogP) is 2.56. The van der Waals surface area contributed by atoms with E-state index in [0.29, 0.717) is 17.2 Å². The normalized spacial score (nSPS) is 12.1. The summed E-state index contributed by atoms with van der Waals surface area (Å²) in [6.45, 7) is 3.28. The van der Waals surface area contributed by atoms with Crippen molar-refractivity contribution in [2.75, 3.05) is 5.32 Å². The number of carbonyl (C=O) groups excluding carboxylic acids is 1. The van der Waals surface area contributed by atoms with Gasteiger partial charge in [0.15, 0.2) is 0 Å². The van der Waals surface area contributed by atoms with Crippen molar-refractivity contribution >= 4 is 34.7 Å². The van der Waals surface area contributed by atoms with E-state index >= 15 is 0 Å². The lowest BCUT2D eigenvalue weighted by Crippen LogP contribution is -2.23. The highest BCUT2D eigenvalue weighted by Crippen LogP contribution is 2.27. The molecule has 1 atom stereocenters. The molecule has 1 amide bonds. The smallest absolute Gasteiger partial charge is 0.252 e. The van der Waals surface area contributed by atoms with Gasteiger partial charge in [-0.3, -0.25) is 14.6 Å². The molecule has 1 unspecified atom stereocenters. The zero-order chi connectivity index (χ0) is 17.3. The summed E-state index contributed by atoms with van der Waals surface area (Å²) in [7, 11) is 0. The fourth-order valence-corrected chi connectivity index (χ4v) is 2.80. The molecule has 0 saturated heterocycles. The van der Waals surface area contributed by atoms with Crippen molar-refractivity contribution in [3.05, 3.63) is 45.7 Å². The van der Waals surface area contributed by atoms with E-state index in [2.05, 4.69) is 20.4 Å². The molecule has 0 fully saturated rings. The van der Waals surface area contributed by atoms with E-state index in [0.717, 1.165) is 4.88 Å². The molecule has 3 rings (SSSR count). The Hall–Kier alpha value is -2.45. The van der Waals surface area contributed by atoms with E-state index in [4.69, 9.17) is 11.6 Å². The first-order valence-electron chi connectivity index (χ1n) is 7.11. The van der Waals surface area contributed by atoms with Crippen molar-refractivity contribution < 1.29 is 4.79 Å². The molecule has 124 valence electrons. The molecule has 2 N–H and O–H groups in total. The van der Waals surface area contributed by atoms with E-state index in [1.54, 1.807) is 19.9 Å². The van der Waals surface area contributed by atoms with Gasteiger partial charge in [0.05, 0.1) is 4.88 Å². The van der Waals surface area contributed by atoms with Crippen LogP contribution in [-0.4, -0.2) is 31.0 Å². The third-order valence-corrected chi connectivity index (χ3v) is 4.24. The molecule has 0 saturated carbocycles. The molecular formula is C15H14ClN5O2S. The number of rotatable bonds is 4. The van der Waals surface area contributed by atoms with Crippen LogP contribution in [0.4, 0.5) is 5.82 Å². The van der Waals surface area contributed by atoms with Crippen LogP contribution in [0.25, 0.3) is 16.5 Å². The summed E-state index contributed by atoms with van der Waals surface area (Å²) in [5, 5.41) is 8.38. The number of hydrogen-bond acceptors (Lipinski definition) is 5. The lowest BCUT2D eigenvalue weighted by Gasteiger charge is -2.09. The number of nitrogens with zero attached hydrogens (tertiary/aromatic N) is 3. The van der Waals surface area contributed by atoms with Crippen LogP contribution in [0.3, 0.4) is 0 Å². The first-order chi connectivity index (χ1) is 11.4. The van der Waals surface area contributed by atoms with E-state index in [9.17, 15) is 9.59 Å². The summed E-state index contributed by atoms with van der Waals surface area (Å²) in [6.07, 6.45) is 0. The Balaban J connectivity index is 2.11. The lowest BCUT2D eigenvalue weighted by molar-refractivity contribution is -0.115. The van der Waals surface area contributed by atoms with Crippen molar-refractivity contribution in [1.82, 2.24) is 19.7 Å². The number of carbonyl (C=O) groups is 1. The average molecular weight is 364 g/mol. The summed E-state index contributed by atoms with van der Waals surface area (Å²) >= 11 is 7.34. The van der Waals surface area contributed by atoms with Gasteiger partial charge in [0.2, 0.25) is 11.9 Å². The fraction of sp³-hybridized carbons (Fsp3) is 0.200. The maximum Gasteiger partial charge on any atom is 0.252 e. The Morgan fingerprint density at radius 3 is 2.88 bits per heavy atom. The first-order valence-corrected chi connectivity index (χ1v) is 8.43. The molecule has 0 aliphatic rings. The number of anilines is 1. The van der Waals surface area contributed by atoms with Crippen LogP contribution in [0.5, 0.6) is 0 Å². The van der Waals surface area contributed by atoms with E-state index < -0.39 is 5.38 Å². The highest BCUT2D eigenvalue weighted by Gasteiger charge is 2.18. The molecule has 0 radical (unpaired) electrons. The van der Waals surface area contributed by atoms with Gasteiger partial charge in [-0.15, -0.1) is 22.9 Å². The highest BCUT2D eigenvalue weighted by molar-refractivity contribution is 7.13. The summed E-state index contributed by atoms with van der Waals surface area (Å²) in [6, 6.07) is 6.92. The number of thiophene rings is 1. The van der Waals surface area contributed by atoms with Crippen molar-refractivity contribution in [3.63, 3.8) is 0 Å². The number of hydrogen-bond donors (Lipinski definition) is 2. The molecule has 3 aromatic rings. The minimum absolute atomic E-state index is 0.223. The zero-order valence-electron chi connectivity index (χ0n) is 12.9. The van der Waals surface area contributed by atoms with Crippen LogP contribution in [0.2, 0.25) is 0 Å². The second-order valence-electron chi connectivity index (χ2n) is 5.12. The second-order valence-corrected chi connectivity index (χ2v) is 6.72. The van der Waals surface area contributed by atoms with Crippen LogP contribution in [-0.2, 0) is 4.79 Å². The van der Waals surface area contributed by atoms with E-state index in [1.807, 2.05) is 17.5 Å². The van der Waals surface area contributed by atoms with Crippen LogP contribution in [0, 0.1) is 6.92 Å². The number of amides is 1. The summed E-state index contributed by atoms with van der Waals surface area (Å²) in [5.74, 6) is 0.232. The zero-order valence-corrected chi connectivity index (χ0v) is 14.5. The van der Waals surface area contributed by atoms with Gasteiger partial charge in [0.1, 0.15) is 16.9 Å². The van der Waals surface area contributed by atoms with Crippen molar-refractivity contribution in [1.29, 1.82) is 0 Å². The molecule has 7 nitrogen and oxygen atoms in total. The second kappa shape index (κ2) is 6.58. The Bertz CT molecular complexity index is 930. The van der Waals surface area contributed by atoms with Gasteiger partial charge in [-0.25, -0.2) is 4.98 Å². The summed E-state index contributed by atoms with van der Waals surface area (Å²) < 4.78 is 1.39. The van der Waals surface area contributed by atoms with E-state index in [-0.39, 0.29) is 17.4 Å². The van der Waals surface area contributed by atoms with Crippen molar-refractivity contribution in [2.24, 2.45) is 0 Å². The number of halogens is 1. The summed E-state index contributed by atoms with van der Waals surface area (Å²) in [5.41, 5.74) is 0.908. The number of nitrogens with one attached hydrogen (secondary N) is 2. The van der Waals surface area contributed by atoms with Gasteiger partial charge in [0, 0.05) is 17.8 Å². The first kappa shape index (κ1) is 16.4. The molecule has 24 heavy (non-hydrogen) atoms. The number of aryl methyl sites for hydroxylation is 1. The van der Waals surface area contributed by atoms with Gasteiger partial charge >= 0.3 is 0 Å². The SMILES string of the molecule is Cc1cc(=O)[nH]c(-n2nc(-c3cccs3)cc2NC(=O)C(C)Cl)n1. The van der Waals surface area contributed by atoms with Crippen LogP contribution in [0.1, 0.15) is 12.6 Å². The van der Waals surface area contributed by atoms with Gasteiger partial charge in [-0.2, -0.15) is 9.78 Å². The maximum atomic E-state index is 12.0. The third-order valence-electron chi connectivity index (χ3n) is 3.15. The number of alkyl halides is 1. The molecule has 0 spiro atoms. The number of aromatic nitrogens is 4. The molecule has 3 heterocycles. The molecular weight excluding hydrogens is 350 g/mol. The van der Waals surface area contributed by atoms with E-state index in [1.165, 1.54) is 22.1 Å². The number of aromatic amines is 1. The minimum atomic E-state index is -0.706. The third kappa shape index (κ3) is 3.39. The monoisotopic (exact) mass is 363 g/mol. The van der Waals surface area contributed by atoms with Crippen molar-refractivity contribution in [2.45, 2.75) is 19.2 Å². The molecule has 9 heteroatoms. The minimum Gasteiger partial charge on any atom is -0.309 e. The van der Waals surface area contributed by atoms with Crippen LogP contribution >= 0.6 is 22.9 Å². The Kier molecular flexibility index (Phi) is 4.50.